The van der Waals surface area contributed by atoms with E-state index in [4.69, 9.17) is 14.2 Å². The molecule has 0 aromatic heterocycles. The number of ether oxygens (including phenoxy) is 3. The van der Waals surface area contributed by atoms with Crippen molar-refractivity contribution >= 4 is 11.9 Å². The van der Waals surface area contributed by atoms with Crippen LogP contribution in [0.5, 0.6) is 11.5 Å². The standard InChI is InChI=1S/C16H20O6/c1-10(2)8-20-15(17)7-12(16(18)19)5-11-3-4-13-14(6-11)22-9-21-13/h3-4,6,10,12H,5,7-9H2,1-2H3,(H,18,19). The third-order valence-corrected chi connectivity index (χ3v) is 3.26. The van der Waals surface area contributed by atoms with Crippen molar-refractivity contribution in [3.63, 3.8) is 0 Å². The van der Waals surface area contributed by atoms with Crippen LogP contribution in [-0.4, -0.2) is 30.4 Å². The molecule has 1 N–H and O–H groups in total. The molecule has 120 valence electrons. The summed E-state index contributed by atoms with van der Waals surface area (Å²) < 4.78 is 15.5. The Morgan fingerprint density at radius 1 is 1.27 bits per heavy atom. The summed E-state index contributed by atoms with van der Waals surface area (Å²) in [7, 11) is 0. The van der Waals surface area contributed by atoms with Gasteiger partial charge in [-0.2, -0.15) is 0 Å². The van der Waals surface area contributed by atoms with Crippen molar-refractivity contribution < 1.29 is 28.9 Å². The van der Waals surface area contributed by atoms with Crippen LogP contribution in [-0.2, 0) is 20.7 Å². The molecule has 1 aliphatic rings. The molecule has 0 spiro atoms. The smallest absolute Gasteiger partial charge is 0.307 e. The zero-order valence-electron chi connectivity index (χ0n) is 12.7. The van der Waals surface area contributed by atoms with Crippen LogP contribution in [0.3, 0.4) is 0 Å². The van der Waals surface area contributed by atoms with Crippen LogP contribution in [0.2, 0.25) is 0 Å². The average Bonchev–Trinajstić information content (AvgIpc) is 2.91. The van der Waals surface area contributed by atoms with Crippen LogP contribution in [0, 0.1) is 11.8 Å². The van der Waals surface area contributed by atoms with Gasteiger partial charge in [-0.1, -0.05) is 19.9 Å². The van der Waals surface area contributed by atoms with Crippen molar-refractivity contribution in [2.24, 2.45) is 11.8 Å². The maximum absolute atomic E-state index is 11.7. The van der Waals surface area contributed by atoms with Gasteiger partial charge in [-0.15, -0.1) is 0 Å². The molecule has 6 nitrogen and oxygen atoms in total. The summed E-state index contributed by atoms with van der Waals surface area (Å²) in [6, 6.07) is 5.27. The first-order chi connectivity index (χ1) is 10.5. The third kappa shape index (κ3) is 4.38. The normalized spacial score (nSPS) is 14.0. The minimum atomic E-state index is -1.01. The number of rotatable bonds is 7. The highest BCUT2D eigenvalue weighted by Crippen LogP contribution is 2.33. The predicted molar refractivity (Wildman–Crippen MR) is 77.8 cm³/mol. The van der Waals surface area contributed by atoms with E-state index in [1.807, 2.05) is 13.8 Å². The van der Waals surface area contributed by atoms with Crippen LogP contribution in [0.1, 0.15) is 25.8 Å². The monoisotopic (exact) mass is 308 g/mol. The van der Waals surface area contributed by atoms with Crippen molar-refractivity contribution in [3.05, 3.63) is 23.8 Å². The molecule has 1 aliphatic heterocycles. The molecule has 6 heteroatoms. The number of carbonyl (C=O) groups is 2. The van der Waals surface area contributed by atoms with E-state index in [9.17, 15) is 14.7 Å². The fourth-order valence-electron chi connectivity index (χ4n) is 2.12. The summed E-state index contributed by atoms with van der Waals surface area (Å²) >= 11 is 0. The molecule has 0 aliphatic carbocycles. The number of carboxylic acids is 1. The molecule has 0 saturated heterocycles. The molecular weight excluding hydrogens is 288 g/mol. The van der Waals surface area contributed by atoms with Gasteiger partial charge in [0.2, 0.25) is 6.79 Å². The summed E-state index contributed by atoms with van der Waals surface area (Å²) in [6.45, 7) is 4.32. The molecule has 0 bridgehead atoms. The molecule has 2 rings (SSSR count). The largest absolute Gasteiger partial charge is 0.481 e. The van der Waals surface area contributed by atoms with E-state index >= 15 is 0 Å². The lowest BCUT2D eigenvalue weighted by molar-refractivity contribution is -0.152. The molecular formula is C16H20O6. The van der Waals surface area contributed by atoms with Crippen LogP contribution in [0.25, 0.3) is 0 Å². The number of aliphatic carboxylic acids is 1. The van der Waals surface area contributed by atoms with Crippen LogP contribution in [0.4, 0.5) is 0 Å². The summed E-state index contributed by atoms with van der Waals surface area (Å²) in [5.74, 6) is -0.849. The Balaban J connectivity index is 1.97. The fourth-order valence-corrected chi connectivity index (χ4v) is 2.12. The minimum absolute atomic E-state index is 0.142. The second-order valence-corrected chi connectivity index (χ2v) is 5.71. The number of benzene rings is 1. The second kappa shape index (κ2) is 7.15. The minimum Gasteiger partial charge on any atom is -0.481 e. The highest BCUT2D eigenvalue weighted by Gasteiger charge is 2.24. The zero-order valence-corrected chi connectivity index (χ0v) is 12.7. The molecule has 1 aromatic carbocycles. The van der Waals surface area contributed by atoms with Gasteiger partial charge in [0.15, 0.2) is 11.5 Å². The SMILES string of the molecule is CC(C)COC(=O)CC(Cc1ccc2c(c1)OCO2)C(=O)O. The first-order valence-corrected chi connectivity index (χ1v) is 7.22. The lowest BCUT2D eigenvalue weighted by Gasteiger charge is -2.13. The lowest BCUT2D eigenvalue weighted by atomic mass is 9.96. The van der Waals surface area contributed by atoms with Crippen molar-refractivity contribution in [3.8, 4) is 11.5 Å². The number of carboxylic acid groups (broad SMARTS) is 1. The quantitative estimate of drug-likeness (QED) is 0.778. The van der Waals surface area contributed by atoms with Crippen LogP contribution >= 0.6 is 0 Å². The Morgan fingerprint density at radius 2 is 2.00 bits per heavy atom. The highest BCUT2D eigenvalue weighted by molar-refractivity contribution is 5.79. The summed E-state index contributed by atoms with van der Waals surface area (Å²) in [5.41, 5.74) is 0.785. The number of esters is 1. The summed E-state index contributed by atoms with van der Waals surface area (Å²) in [5, 5.41) is 9.29. The van der Waals surface area contributed by atoms with E-state index in [-0.39, 0.29) is 25.6 Å². The van der Waals surface area contributed by atoms with Crippen molar-refractivity contribution in [2.75, 3.05) is 13.4 Å². The molecule has 22 heavy (non-hydrogen) atoms. The van der Waals surface area contributed by atoms with E-state index in [0.29, 0.717) is 18.1 Å². The first-order valence-electron chi connectivity index (χ1n) is 7.22. The molecule has 1 heterocycles. The van der Waals surface area contributed by atoms with Gasteiger partial charge in [0.1, 0.15) is 0 Å². The Hall–Kier alpha value is -2.24. The van der Waals surface area contributed by atoms with Crippen molar-refractivity contribution in [1.82, 2.24) is 0 Å². The van der Waals surface area contributed by atoms with Crippen molar-refractivity contribution in [1.29, 1.82) is 0 Å². The fraction of sp³-hybridized carbons (Fsp3) is 0.500. The van der Waals surface area contributed by atoms with E-state index in [2.05, 4.69) is 0 Å². The summed E-state index contributed by atoms with van der Waals surface area (Å²) in [6.07, 6.45) is 0.0965. The molecule has 0 saturated carbocycles. The van der Waals surface area contributed by atoms with Gasteiger partial charge in [-0.25, -0.2) is 0 Å². The van der Waals surface area contributed by atoms with Gasteiger partial charge >= 0.3 is 11.9 Å². The van der Waals surface area contributed by atoms with Gasteiger partial charge in [0, 0.05) is 0 Å². The zero-order chi connectivity index (χ0) is 16.1. The van der Waals surface area contributed by atoms with Gasteiger partial charge < -0.3 is 19.3 Å². The maximum Gasteiger partial charge on any atom is 0.307 e. The van der Waals surface area contributed by atoms with Gasteiger partial charge in [0.05, 0.1) is 18.9 Å². The van der Waals surface area contributed by atoms with E-state index in [1.165, 1.54) is 0 Å². The molecule has 0 fully saturated rings. The van der Waals surface area contributed by atoms with Gasteiger partial charge in [0.25, 0.3) is 0 Å². The number of fused-ring (bicyclic) bond motifs is 1. The Kier molecular flexibility index (Phi) is 5.25. The Bertz CT molecular complexity index is 552. The van der Waals surface area contributed by atoms with E-state index in [1.54, 1.807) is 18.2 Å². The first kappa shape index (κ1) is 16.1. The lowest BCUT2D eigenvalue weighted by Crippen LogP contribution is -2.22. The number of hydrogen-bond acceptors (Lipinski definition) is 5. The molecule has 0 amide bonds. The van der Waals surface area contributed by atoms with E-state index < -0.39 is 17.9 Å². The average molecular weight is 308 g/mol. The maximum atomic E-state index is 11.7. The van der Waals surface area contributed by atoms with Gasteiger partial charge in [-0.3, -0.25) is 9.59 Å². The topological polar surface area (TPSA) is 82.1 Å². The summed E-state index contributed by atoms with van der Waals surface area (Å²) in [4.78, 5) is 23.1. The number of carbonyl (C=O) groups excluding carboxylic acids is 1. The van der Waals surface area contributed by atoms with Crippen LogP contribution in [0.15, 0.2) is 18.2 Å². The molecule has 1 aromatic rings. The van der Waals surface area contributed by atoms with Crippen LogP contribution < -0.4 is 9.47 Å². The third-order valence-electron chi connectivity index (χ3n) is 3.26. The molecule has 0 radical (unpaired) electrons. The number of hydrogen-bond donors (Lipinski definition) is 1. The molecule has 1 atom stereocenters. The van der Waals surface area contributed by atoms with Gasteiger partial charge in [-0.05, 0) is 30.0 Å². The predicted octanol–water partition coefficient (Wildman–Crippen LogP) is 2.25. The molecule has 1 unspecified atom stereocenters. The second-order valence-electron chi connectivity index (χ2n) is 5.71. The highest BCUT2D eigenvalue weighted by atomic mass is 16.7. The van der Waals surface area contributed by atoms with Crippen molar-refractivity contribution in [2.45, 2.75) is 26.7 Å². The van der Waals surface area contributed by atoms with E-state index in [0.717, 1.165) is 5.56 Å². The Labute approximate surface area is 129 Å². The Morgan fingerprint density at radius 3 is 2.68 bits per heavy atom.